The van der Waals surface area contributed by atoms with Gasteiger partial charge in [-0.1, -0.05) is 13.8 Å². The van der Waals surface area contributed by atoms with Crippen LogP contribution >= 0.6 is 0 Å². The van der Waals surface area contributed by atoms with Crippen molar-refractivity contribution in [3.8, 4) is 0 Å². The maximum atomic E-state index is 10.5. The van der Waals surface area contributed by atoms with Gasteiger partial charge < -0.3 is 4.79 Å². The Bertz CT molecular complexity index is 120. The van der Waals surface area contributed by atoms with E-state index in [0.717, 1.165) is 25.0 Å². The summed E-state index contributed by atoms with van der Waals surface area (Å²) < 4.78 is 0. The molecule has 0 aromatic heterocycles. The van der Waals surface area contributed by atoms with Crippen molar-refractivity contribution in [1.29, 1.82) is 0 Å². The van der Waals surface area contributed by atoms with Crippen LogP contribution in [-0.4, -0.2) is 6.29 Å². The first-order valence-corrected chi connectivity index (χ1v) is 3.63. The lowest BCUT2D eigenvalue weighted by molar-refractivity contribution is -0.115. The van der Waals surface area contributed by atoms with E-state index < -0.39 is 0 Å². The summed E-state index contributed by atoms with van der Waals surface area (Å²) in [7, 11) is 0. The van der Waals surface area contributed by atoms with Crippen LogP contribution in [0, 0.1) is 11.3 Å². The zero-order chi connectivity index (χ0) is 6.91. The third-order valence-corrected chi connectivity index (χ3v) is 2.31. The molecule has 0 aromatic rings. The first-order chi connectivity index (χ1) is 4.16. The van der Waals surface area contributed by atoms with Crippen molar-refractivity contribution in [3.63, 3.8) is 0 Å². The van der Waals surface area contributed by atoms with Crippen molar-refractivity contribution >= 4 is 6.29 Å². The fraction of sp³-hybridized carbons (Fsp3) is 0.875. The molecule has 2 atom stereocenters. The molecule has 0 radical (unpaired) electrons. The van der Waals surface area contributed by atoms with E-state index in [-0.39, 0.29) is 5.41 Å². The van der Waals surface area contributed by atoms with E-state index in [1.165, 1.54) is 6.42 Å². The van der Waals surface area contributed by atoms with Gasteiger partial charge in [-0.15, -0.1) is 0 Å². The molecule has 0 aliphatic heterocycles. The van der Waals surface area contributed by atoms with Crippen LogP contribution in [0.5, 0.6) is 0 Å². The van der Waals surface area contributed by atoms with E-state index >= 15 is 0 Å². The molecule has 0 heterocycles. The summed E-state index contributed by atoms with van der Waals surface area (Å²) in [5.41, 5.74) is 0.0272. The van der Waals surface area contributed by atoms with Crippen LogP contribution in [0.4, 0.5) is 0 Å². The van der Waals surface area contributed by atoms with Crippen LogP contribution in [0.3, 0.4) is 0 Å². The normalized spacial score (nSPS) is 43.1. The van der Waals surface area contributed by atoms with E-state index in [4.69, 9.17) is 0 Å². The minimum absolute atomic E-state index is 0.0272. The second kappa shape index (κ2) is 2.13. The Balaban J connectivity index is 2.54. The molecule has 1 rings (SSSR count). The highest BCUT2D eigenvalue weighted by Crippen LogP contribution is 2.39. The van der Waals surface area contributed by atoms with Crippen LogP contribution in [0.25, 0.3) is 0 Å². The average Bonchev–Trinajstić information content (AvgIpc) is 2.13. The Labute approximate surface area is 56.4 Å². The van der Waals surface area contributed by atoms with E-state index in [0.29, 0.717) is 0 Å². The van der Waals surface area contributed by atoms with Gasteiger partial charge in [-0.05, 0) is 25.2 Å². The largest absolute Gasteiger partial charge is 0.303 e. The molecule has 0 spiro atoms. The van der Waals surface area contributed by atoms with Crippen LogP contribution in [0.1, 0.15) is 33.1 Å². The molecule has 1 aliphatic carbocycles. The van der Waals surface area contributed by atoms with E-state index in [1.54, 1.807) is 0 Å². The molecule has 1 fully saturated rings. The summed E-state index contributed by atoms with van der Waals surface area (Å²) in [4.78, 5) is 10.5. The molecule has 0 unspecified atom stereocenters. The van der Waals surface area contributed by atoms with Crippen LogP contribution in [0.15, 0.2) is 0 Å². The minimum Gasteiger partial charge on any atom is -0.303 e. The van der Waals surface area contributed by atoms with Crippen molar-refractivity contribution in [2.45, 2.75) is 33.1 Å². The zero-order valence-electron chi connectivity index (χ0n) is 6.18. The maximum absolute atomic E-state index is 10.5. The molecular formula is C8H14O. The van der Waals surface area contributed by atoms with Gasteiger partial charge in [0, 0.05) is 5.41 Å². The van der Waals surface area contributed by atoms with Gasteiger partial charge in [-0.25, -0.2) is 0 Å². The highest BCUT2D eigenvalue weighted by molar-refractivity contribution is 5.59. The summed E-state index contributed by atoms with van der Waals surface area (Å²) >= 11 is 0. The van der Waals surface area contributed by atoms with Crippen molar-refractivity contribution in [3.05, 3.63) is 0 Å². The van der Waals surface area contributed by atoms with Crippen LogP contribution in [0.2, 0.25) is 0 Å². The Kier molecular flexibility index (Phi) is 1.60. The Morgan fingerprint density at radius 2 is 2.33 bits per heavy atom. The van der Waals surface area contributed by atoms with Crippen molar-refractivity contribution in [2.24, 2.45) is 11.3 Å². The number of hydrogen-bond acceptors (Lipinski definition) is 1. The van der Waals surface area contributed by atoms with Gasteiger partial charge in [0.05, 0.1) is 0 Å². The number of carbonyl (C=O) groups excluding carboxylic acids is 1. The van der Waals surface area contributed by atoms with E-state index in [9.17, 15) is 4.79 Å². The third kappa shape index (κ3) is 1.32. The smallest absolute Gasteiger partial charge is 0.125 e. The van der Waals surface area contributed by atoms with Gasteiger partial charge in [0.15, 0.2) is 0 Å². The molecule has 0 aromatic carbocycles. The molecule has 0 N–H and O–H groups in total. The summed E-state index contributed by atoms with van der Waals surface area (Å²) in [5.74, 6) is 0.764. The minimum atomic E-state index is 0.0272. The van der Waals surface area contributed by atoms with Crippen LogP contribution < -0.4 is 0 Å². The van der Waals surface area contributed by atoms with E-state index in [1.807, 2.05) is 0 Å². The molecule has 1 saturated carbocycles. The fourth-order valence-corrected chi connectivity index (χ4v) is 1.68. The Hall–Kier alpha value is -0.330. The number of carbonyl (C=O) groups is 1. The SMILES string of the molecule is C[C@H]1CC[C@@](C)(C=O)C1. The second-order valence-corrected chi connectivity index (χ2v) is 3.62. The molecular weight excluding hydrogens is 112 g/mol. The summed E-state index contributed by atoms with van der Waals surface area (Å²) in [6.07, 6.45) is 4.54. The summed E-state index contributed by atoms with van der Waals surface area (Å²) in [5, 5.41) is 0. The van der Waals surface area contributed by atoms with Crippen molar-refractivity contribution in [1.82, 2.24) is 0 Å². The Morgan fingerprint density at radius 1 is 1.67 bits per heavy atom. The monoisotopic (exact) mass is 126 g/mol. The Morgan fingerprint density at radius 3 is 2.56 bits per heavy atom. The fourth-order valence-electron chi connectivity index (χ4n) is 1.68. The molecule has 1 heteroatoms. The van der Waals surface area contributed by atoms with Gasteiger partial charge in [0.25, 0.3) is 0 Å². The molecule has 0 saturated heterocycles. The summed E-state index contributed by atoms with van der Waals surface area (Å²) in [6, 6.07) is 0. The molecule has 0 bridgehead atoms. The molecule has 9 heavy (non-hydrogen) atoms. The number of hydrogen-bond donors (Lipinski definition) is 0. The van der Waals surface area contributed by atoms with Gasteiger partial charge in [0.2, 0.25) is 0 Å². The highest BCUT2D eigenvalue weighted by Gasteiger charge is 2.32. The predicted molar refractivity (Wildman–Crippen MR) is 37.2 cm³/mol. The number of aldehydes is 1. The number of rotatable bonds is 1. The van der Waals surface area contributed by atoms with Crippen molar-refractivity contribution < 1.29 is 4.79 Å². The van der Waals surface area contributed by atoms with Crippen molar-refractivity contribution in [2.75, 3.05) is 0 Å². The summed E-state index contributed by atoms with van der Waals surface area (Å²) in [6.45, 7) is 4.28. The standard InChI is InChI=1S/C8H14O/c1-7-3-4-8(2,5-7)6-9/h6-7H,3-5H2,1-2H3/t7-,8+/m0/s1. The molecule has 1 aliphatic rings. The van der Waals surface area contributed by atoms with Crippen LogP contribution in [-0.2, 0) is 4.79 Å². The van der Waals surface area contributed by atoms with Gasteiger partial charge in [-0.2, -0.15) is 0 Å². The zero-order valence-corrected chi connectivity index (χ0v) is 6.18. The molecule has 52 valence electrons. The van der Waals surface area contributed by atoms with E-state index in [2.05, 4.69) is 13.8 Å². The molecule has 0 amide bonds. The van der Waals surface area contributed by atoms with Gasteiger partial charge in [-0.3, -0.25) is 0 Å². The second-order valence-electron chi connectivity index (χ2n) is 3.62. The first kappa shape index (κ1) is 6.79. The first-order valence-electron chi connectivity index (χ1n) is 3.63. The quantitative estimate of drug-likeness (QED) is 0.491. The maximum Gasteiger partial charge on any atom is 0.125 e. The third-order valence-electron chi connectivity index (χ3n) is 2.31. The average molecular weight is 126 g/mol. The topological polar surface area (TPSA) is 17.1 Å². The van der Waals surface area contributed by atoms with Gasteiger partial charge >= 0.3 is 0 Å². The van der Waals surface area contributed by atoms with Gasteiger partial charge in [0.1, 0.15) is 6.29 Å². The highest BCUT2D eigenvalue weighted by atomic mass is 16.1. The lowest BCUT2D eigenvalue weighted by Gasteiger charge is -2.13. The lowest BCUT2D eigenvalue weighted by Crippen LogP contribution is -2.12. The lowest BCUT2D eigenvalue weighted by atomic mass is 9.90. The molecule has 1 nitrogen and oxygen atoms in total. The predicted octanol–water partition coefficient (Wildman–Crippen LogP) is 2.01.